The average molecular weight is 349 g/mol. The van der Waals surface area contributed by atoms with Gasteiger partial charge in [-0.1, -0.05) is 11.6 Å². The highest BCUT2D eigenvalue weighted by Gasteiger charge is 2.38. The Kier molecular flexibility index (Phi) is 4.05. The lowest BCUT2D eigenvalue weighted by Gasteiger charge is -2.24. The summed E-state index contributed by atoms with van der Waals surface area (Å²) in [6, 6.07) is 4.67. The SMILES string of the molecule is COS(=O)(=O)C(C)(C)c1cc2cc(C(=O)O)sc2cc1Cl. The quantitative estimate of drug-likeness (QED) is 0.856. The highest BCUT2D eigenvalue weighted by Crippen LogP contribution is 2.39. The molecule has 1 N–H and O–H groups in total. The number of fused-ring (bicyclic) bond motifs is 1. The molecule has 8 heteroatoms. The van der Waals surface area contributed by atoms with Crippen LogP contribution >= 0.6 is 22.9 Å². The van der Waals surface area contributed by atoms with Crippen molar-refractivity contribution >= 4 is 49.1 Å². The smallest absolute Gasteiger partial charge is 0.345 e. The van der Waals surface area contributed by atoms with Gasteiger partial charge in [0.05, 0.1) is 7.11 Å². The molecule has 1 heterocycles. The van der Waals surface area contributed by atoms with Gasteiger partial charge in [0.15, 0.2) is 0 Å². The second-order valence-electron chi connectivity index (χ2n) is 4.92. The summed E-state index contributed by atoms with van der Waals surface area (Å²) >= 11 is 7.27. The van der Waals surface area contributed by atoms with Crippen LogP contribution in [0.1, 0.15) is 29.1 Å². The number of carboxylic acids is 1. The van der Waals surface area contributed by atoms with Gasteiger partial charge in [-0.3, -0.25) is 4.18 Å². The predicted octanol–water partition coefficient (Wildman–Crippen LogP) is 3.46. The summed E-state index contributed by atoms with van der Waals surface area (Å²) in [6.07, 6.45) is 0. The van der Waals surface area contributed by atoms with E-state index in [2.05, 4.69) is 4.18 Å². The number of thiophene rings is 1. The number of carbonyl (C=O) groups is 1. The number of rotatable bonds is 4. The van der Waals surface area contributed by atoms with Gasteiger partial charge in [0.25, 0.3) is 10.1 Å². The number of aromatic carboxylic acids is 1. The Bertz CT molecular complexity index is 820. The number of benzene rings is 1. The first kappa shape index (κ1) is 16.2. The van der Waals surface area contributed by atoms with Crippen molar-refractivity contribution in [2.24, 2.45) is 0 Å². The molecule has 0 aliphatic carbocycles. The molecule has 0 atom stereocenters. The van der Waals surface area contributed by atoms with E-state index in [9.17, 15) is 13.2 Å². The van der Waals surface area contributed by atoms with Crippen LogP contribution in [0.5, 0.6) is 0 Å². The first-order valence-electron chi connectivity index (χ1n) is 5.87. The van der Waals surface area contributed by atoms with E-state index in [0.29, 0.717) is 15.6 Å². The van der Waals surface area contributed by atoms with Gasteiger partial charge in [-0.2, -0.15) is 8.42 Å². The topological polar surface area (TPSA) is 80.7 Å². The van der Waals surface area contributed by atoms with Crippen molar-refractivity contribution in [1.29, 1.82) is 0 Å². The molecule has 1 aromatic heterocycles. The third-order valence-corrected chi connectivity index (χ3v) is 6.62. The van der Waals surface area contributed by atoms with Crippen molar-refractivity contribution in [2.75, 3.05) is 7.11 Å². The highest BCUT2D eigenvalue weighted by molar-refractivity contribution is 7.87. The maximum atomic E-state index is 12.1. The minimum atomic E-state index is -3.85. The third-order valence-electron chi connectivity index (χ3n) is 3.31. The van der Waals surface area contributed by atoms with Gasteiger partial charge in [0, 0.05) is 9.72 Å². The van der Waals surface area contributed by atoms with Crippen LogP contribution in [0.15, 0.2) is 18.2 Å². The second kappa shape index (κ2) is 5.24. The maximum Gasteiger partial charge on any atom is 0.345 e. The molecule has 0 radical (unpaired) electrons. The molecule has 0 amide bonds. The van der Waals surface area contributed by atoms with Crippen LogP contribution in [-0.4, -0.2) is 26.6 Å². The summed E-state index contributed by atoms with van der Waals surface area (Å²) in [5.41, 5.74) is 0.369. The molecule has 21 heavy (non-hydrogen) atoms. The number of hydrogen-bond donors (Lipinski definition) is 1. The van der Waals surface area contributed by atoms with Crippen molar-refractivity contribution in [3.05, 3.63) is 33.7 Å². The first-order valence-corrected chi connectivity index (χ1v) is 8.47. The van der Waals surface area contributed by atoms with E-state index >= 15 is 0 Å². The van der Waals surface area contributed by atoms with Crippen LogP contribution in [0.2, 0.25) is 5.02 Å². The fraction of sp³-hybridized carbons (Fsp3) is 0.308. The van der Waals surface area contributed by atoms with Crippen molar-refractivity contribution in [1.82, 2.24) is 0 Å². The molecule has 0 fully saturated rings. The summed E-state index contributed by atoms with van der Waals surface area (Å²) in [6.45, 7) is 2.98. The molecular formula is C13H13ClO5S2. The Labute approximate surface area is 131 Å². The van der Waals surface area contributed by atoms with Gasteiger partial charge in [0.2, 0.25) is 0 Å². The van der Waals surface area contributed by atoms with Crippen molar-refractivity contribution in [3.63, 3.8) is 0 Å². The van der Waals surface area contributed by atoms with E-state index in [1.165, 1.54) is 19.9 Å². The summed E-state index contributed by atoms with van der Waals surface area (Å²) in [5.74, 6) is -1.03. The van der Waals surface area contributed by atoms with Crippen molar-refractivity contribution in [3.8, 4) is 0 Å². The fourth-order valence-corrected chi connectivity index (χ4v) is 4.27. The standard InChI is InChI=1S/C13H13ClO5S2/c1-13(2,21(17,18)19-3)8-4-7-5-11(12(15)16)20-10(7)6-9(8)14/h4-6H,1-3H3,(H,15,16). The normalized spacial score (nSPS) is 12.8. The molecule has 0 spiro atoms. The molecule has 0 aliphatic rings. The predicted molar refractivity (Wildman–Crippen MR) is 82.7 cm³/mol. The Morgan fingerprint density at radius 1 is 1.33 bits per heavy atom. The molecule has 0 saturated carbocycles. The zero-order chi connectivity index (χ0) is 16.0. The van der Waals surface area contributed by atoms with Crippen molar-refractivity contribution in [2.45, 2.75) is 18.6 Å². The lowest BCUT2D eigenvalue weighted by molar-refractivity contribution is 0.0702. The molecule has 0 unspecified atom stereocenters. The van der Waals surface area contributed by atoms with Gasteiger partial charge in [-0.05, 0) is 43.0 Å². The summed E-state index contributed by atoms with van der Waals surface area (Å²) in [4.78, 5) is 11.2. The van der Waals surface area contributed by atoms with Crippen LogP contribution in [0.3, 0.4) is 0 Å². The van der Waals surface area contributed by atoms with Crippen LogP contribution < -0.4 is 0 Å². The van der Waals surface area contributed by atoms with E-state index < -0.39 is 20.8 Å². The van der Waals surface area contributed by atoms with Gasteiger partial charge >= 0.3 is 5.97 Å². The van der Waals surface area contributed by atoms with Crippen molar-refractivity contribution < 1.29 is 22.5 Å². The molecule has 0 bridgehead atoms. The minimum absolute atomic E-state index is 0.172. The summed E-state index contributed by atoms with van der Waals surface area (Å²) < 4.78 is 28.0. The van der Waals surface area contributed by atoms with Gasteiger partial charge in [0.1, 0.15) is 9.62 Å². The van der Waals surface area contributed by atoms with Crippen LogP contribution in [0, 0.1) is 0 Å². The zero-order valence-electron chi connectivity index (χ0n) is 11.5. The van der Waals surface area contributed by atoms with Gasteiger partial charge in [-0.25, -0.2) is 4.79 Å². The summed E-state index contributed by atoms with van der Waals surface area (Å²) in [5, 5.41) is 9.90. The van der Waals surface area contributed by atoms with E-state index in [1.54, 1.807) is 12.1 Å². The third kappa shape index (κ3) is 2.66. The maximum absolute atomic E-state index is 12.1. The van der Waals surface area contributed by atoms with Crippen LogP contribution in [0.25, 0.3) is 10.1 Å². The fourth-order valence-electron chi connectivity index (χ4n) is 1.97. The molecule has 114 valence electrons. The molecule has 0 saturated heterocycles. The first-order chi connectivity index (χ1) is 9.60. The van der Waals surface area contributed by atoms with Crippen LogP contribution in [0.4, 0.5) is 0 Å². The van der Waals surface area contributed by atoms with E-state index in [4.69, 9.17) is 16.7 Å². The average Bonchev–Trinajstić information content (AvgIpc) is 2.80. The Morgan fingerprint density at radius 3 is 2.48 bits per heavy atom. The minimum Gasteiger partial charge on any atom is -0.477 e. The largest absolute Gasteiger partial charge is 0.477 e. The summed E-state index contributed by atoms with van der Waals surface area (Å²) in [7, 11) is -2.75. The van der Waals surface area contributed by atoms with E-state index in [-0.39, 0.29) is 9.90 Å². The van der Waals surface area contributed by atoms with Gasteiger partial charge < -0.3 is 5.11 Å². The Morgan fingerprint density at radius 2 is 1.95 bits per heavy atom. The second-order valence-corrected chi connectivity index (χ2v) is 8.67. The molecule has 2 aromatic rings. The Hall–Kier alpha value is -1.15. The van der Waals surface area contributed by atoms with Crippen LogP contribution in [-0.2, 0) is 19.0 Å². The number of hydrogen-bond acceptors (Lipinski definition) is 5. The molecule has 2 rings (SSSR count). The number of carboxylic acid groups (broad SMARTS) is 1. The molecule has 5 nitrogen and oxygen atoms in total. The molecular weight excluding hydrogens is 336 g/mol. The Balaban J connectivity index is 2.70. The number of halogens is 1. The molecule has 0 aliphatic heterocycles. The van der Waals surface area contributed by atoms with E-state index in [0.717, 1.165) is 18.4 Å². The van der Waals surface area contributed by atoms with Gasteiger partial charge in [-0.15, -0.1) is 11.3 Å². The highest BCUT2D eigenvalue weighted by atomic mass is 35.5. The molecule has 1 aromatic carbocycles. The monoisotopic (exact) mass is 348 g/mol. The lowest BCUT2D eigenvalue weighted by Crippen LogP contribution is -2.30. The zero-order valence-corrected chi connectivity index (χ0v) is 13.9. The van der Waals surface area contributed by atoms with E-state index in [1.807, 2.05) is 0 Å². The lowest BCUT2D eigenvalue weighted by atomic mass is 10.0.